The summed E-state index contributed by atoms with van der Waals surface area (Å²) in [6.07, 6.45) is 0. The van der Waals surface area contributed by atoms with Gasteiger partial charge in [-0.05, 0) is 12.8 Å². The van der Waals surface area contributed by atoms with Crippen molar-refractivity contribution in [2.24, 2.45) is 5.92 Å². The zero-order valence-electron chi connectivity index (χ0n) is 9.38. The molecule has 0 fully saturated rings. The van der Waals surface area contributed by atoms with Crippen LogP contribution in [0.3, 0.4) is 0 Å². The zero-order chi connectivity index (χ0) is 11.6. The second kappa shape index (κ2) is 4.33. The average Bonchev–Trinajstić information content (AvgIpc) is 2.15. The maximum absolute atomic E-state index is 11.5. The zero-order valence-corrected chi connectivity index (χ0v) is 9.38. The molecule has 1 heterocycles. The SMILES string of the molecule is COC(=O)C1=C(C)NC(=O)NC1C(C)C. The summed E-state index contributed by atoms with van der Waals surface area (Å²) >= 11 is 0. The van der Waals surface area contributed by atoms with Crippen molar-refractivity contribution < 1.29 is 14.3 Å². The fourth-order valence-corrected chi connectivity index (χ4v) is 1.61. The number of methoxy groups -OCH3 is 1. The summed E-state index contributed by atoms with van der Waals surface area (Å²) in [5.41, 5.74) is 1.05. The number of urea groups is 1. The van der Waals surface area contributed by atoms with E-state index in [0.717, 1.165) is 0 Å². The van der Waals surface area contributed by atoms with E-state index in [-0.39, 0.29) is 18.0 Å². The molecule has 0 aromatic carbocycles. The number of amides is 2. The number of carbonyl (C=O) groups is 2. The molecule has 0 aromatic rings. The van der Waals surface area contributed by atoms with Gasteiger partial charge < -0.3 is 15.4 Å². The minimum Gasteiger partial charge on any atom is -0.466 e. The normalized spacial score (nSPS) is 21.1. The van der Waals surface area contributed by atoms with E-state index >= 15 is 0 Å². The van der Waals surface area contributed by atoms with Crippen LogP contribution in [-0.4, -0.2) is 25.2 Å². The average molecular weight is 212 g/mol. The fraction of sp³-hybridized carbons (Fsp3) is 0.600. The molecule has 1 rings (SSSR count). The molecule has 0 bridgehead atoms. The molecule has 0 aromatic heterocycles. The van der Waals surface area contributed by atoms with Crippen LogP contribution in [0.5, 0.6) is 0 Å². The summed E-state index contributed by atoms with van der Waals surface area (Å²) in [6.45, 7) is 5.57. The van der Waals surface area contributed by atoms with Crippen molar-refractivity contribution in [1.82, 2.24) is 10.6 Å². The Bertz CT molecular complexity index is 321. The minimum atomic E-state index is -0.404. The summed E-state index contributed by atoms with van der Waals surface area (Å²) in [5.74, 6) is -0.265. The highest BCUT2D eigenvalue weighted by atomic mass is 16.5. The van der Waals surface area contributed by atoms with Crippen LogP contribution < -0.4 is 10.6 Å². The van der Waals surface area contributed by atoms with E-state index in [1.54, 1.807) is 6.92 Å². The molecular weight excluding hydrogens is 196 g/mol. The van der Waals surface area contributed by atoms with Crippen molar-refractivity contribution in [3.63, 3.8) is 0 Å². The molecule has 15 heavy (non-hydrogen) atoms. The number of nitrogens with one attached hydrogen (secondary N) is 2. The van der Waals surface area contributed by atoms with Gasteiger partial charge in [0.05, 0.1) is 18.7 Å². The Morgan fingerprint density at radius 2 is 2.07 bits per heavy atom. The van der Waals surface area contributed by atoms with Gasteiger partial charge in [-0.25, -0.2) is 9.59 Å². The van der Waals surface area contributed by atoms with Crippen molar-refractivity contribution in [2.45, 2.75) is 26.8 Å². The standard InChI is InChI=1S/C10H16N2O3/c1-5(2)8-7(9(13)15-4)6(3)11-10(14)12-8/h5,8H,1-4H3,(H2,11,12,14). The Hall–Kier alpha value is -1.52. The van der Waals surface area contributed by atoms with Crippen molar-refractivity contribution in [3.05, 3.63) is 11.3 Å². The van der Waals surface area contributed by atoms with Crippen LogP contribution in [0.1, 0.15) is 20.8 Å². The summed E-state index contributed by atoms with van der Waals surface area (Å²) in [4.78, 5) is 22.8. The Morgan fingerprint density at radius 1 is 1.47 bits per heavy atom. The first-order valence-electron chi connectivity index (χ1n) is 4.84. The number of carbonyl (C=O) groups excluding carboxylic acids is 2. The third-order valence-electron chi connectivity index (χ3n) is 2.37. The first kappa shape index (κ1) is 11.6. The van der Waals surface area contributed by atoms with Crippen molar-refractivity contribution in [2.75, 3.05) is 7.11 Å². The lowest BCUT2D eigenvalue weighted by atomic mass is 9.93. The lowest BCUT2D eigenvalue weighted by Gasteiger charge is -2.29. The summed E-state index contributed by atoms with van der Waals surface area (Å²) < 4.78 is 4.69. The molecule has 0 saturated carbocycles. The minimum absolute atomic E-state index is 0.139. The summed E-state index contributed by atoms with van der Waals surface area (Å²) in [7, 11) is 1.33. The van der Waals surface area contributed by atoms with E-state index in [1.807, 2.05) is 13.8 Å². The molecule has 0 saturated heterocycles. The Morgan fingerprint density at radius 3 is 2.53 bits per heavy atom. The predicted molar refractivity (Wildman–Crippen MR) is 55.0 cm³/mol. The van der Waals surface area contributed by atoms with Crippen LogP contribution in [0.15, 0.2) is 11.3 Å². The van der Waals surface area contributed by atoms with E-state index < -0.39 is 5.97 Å². The lowest BCUT2D eigenvalue weighted by molar-refractivity contribution is -0.136. The quantitative estimate of drug-likeness (QED) is 0.664. The molecule has 1 aliphatic rings. The number of hydrogen-bond acceptors (Lipinski definition) is 3. The van der Waals surface area contributed by atoms with E-state index in [1.165, 1.54) is 7.11 Å². The van der Waals surface area contributed by atoms with Gasteiger partial charge >= 0.3 is 12.0 Å². The Balaban J connectivity index is 3.08. The van der Waals surface area contributed by atoms with E-state index in [4.69, 9.17) is 0 Å². The van der Waals surface area contributed by atoms with Gasteiger partial charge in [0.25, 0.3) is 0 Å². The van der Waals surface area contributed by atoms with Crippen molar-refractivity contribution >= 4 is 12.0 Å². The molecule has 0 radical (unpaired) electrons. The predicted octanol–water partition coefficient (Wildman–Crippen LogP) is 0.771. The number of ether oxygens (including phenoxy) is 1. The van der Waals surface area contributed by atoms with Gasteiger partial charge in [0.15, 0.2) is 0 Å². The number of rotatable bonds is 2. The molecule has 5 heteroatoms. The van der Waals surface area contributed by atoms with Gasteiger partial charge in [-0.2, -0.15) is 0 Å². The van der Waals surface area contributed by atoms with Gasteiger partial charge in [-0.3, -0.25) is 0 Å². The van der Waals surface area contributed by atoms with Gasteiger partial charge in [-0.15, -0.1) is 0 Å². The molecular formula is C10H16N2O3. The van der Waals surface area contributed by atoms with Gasteiger partial charge in [0.1, 0.15) is 0 Å². The molecule has 2 N–H and O–H groups in total. The third kappa shape index (κ3) is 2.29. The summed E-state index contributed by atoms with van der Waals surface area (Å²) in [5, 5.41) is 5.26. The molecule has 0 aliphatic carbocycles. The largest absolute Gasteiger partial charge is 0.466 e. The Labute approximate surface area is 88.9 Å². The third-order valence-corrected chi connectivity index (χ3v) is 2.37. The first-order chi connectivity index (χ1) is 6.97. The molecule has 1 aliphatic heterocycles. The molecule has 1 unspecified atom stereocenters. The number of allylic oxidation sites excluding steroid dienone is 1. The van der Waals surface area contributed by atoms with Crippen LogP contribution >= 0.6 is 0 Å². The number of hydrogen-bond donors (Lipinski definition) is 2. The van der Waals surface area contributed by atoms with Crippen molar-refractivity contribution in [3.8, 4) is 0 Å². The van der Waals surface area contributed by atoms with Crippen LogP contribution in [0.2, 0.25) is 0 Å². The second-order valence-corrected chi connectivity index (χ2v) is 3.85. The highest BCUT2D eigenvalue weighted by molar-refractivity contribution is 5.94. The fourth-order valence-electron chi connectivity index (χ4n) is 1.61. The Kier molecular flexibility index (Phi) is 3.34. The molecule has 0 spiro atoms. The van der Waals surface area contributed by atoms with Crippen LogP contribution in [0.25, 0.3) is 0 Å². The van der Waals surface area contributed by atoms with Gasteiger partial charge in [0, 0.05) is 5.70 Å². The molecule has 1 atom stereocenters. The van der Waals surface area contributed by atoms with E-state index in [2.05, 4.69) is 15.4 Å². The van der Waals surface area contributed by atoms with Crippen LogP contribution in [0.4, 0.5) is 4.79 Å². The smallest absolute Gasteiger partial charge is 0.337 e. The van der Waals surface area contributed by atoms with Gasteiger partial charge in [0.2, 0.25) is 0 Å². The highest BCUT2D eigenvalue weighted by Gasteiger charge is 2.32. The highest BCUT2D eigenvalue weighted by Crippen LogP contribution is 2.19. The molecule has 5 nitrogen and oxygen atoms in total. The van der Waals surface area contributed by atoms with E-state index in [9.17, 15) is 9.59 Å². The van der Waals surface area contributed by atoms with Crippen LogP contribution in [-0.2, 0) is 9.53 Å². The maximum atomic E-state index is 11.5. The van der Waals surface area contributed by atoms with Crippen molar-refractivity contribution in [1.29, 1.82) is 0 Å². The first-order valence-corrected chi connectivity index (χ1v) is 4.84. The molecule has 84 valence electrons. The monoisotopic (exact) mass is 212 g/mol. The second-order valence-electron chi connectivity index (χ2n) is 3.85. The van der Waals surface area contributed by atoms with E-state index in [0.29, 0.717) is 11.3 Å². The lowest BCUT2D eigenvalue weighted by Crippen LogP contribution is -2.52. The van der Waals surface area contributed by atoms with Crippen LogP contribution in [0, 0.1) is 5.92 Å². The van der Waals surface area contributed by atoms with Gasteiger partial charge in [-0.1, -0.05) is 13.8 Å². The molecule has 2 amide bonds. The number of esters is 1. The summed E-state index contributed by atoms with van der Waals surface area (Å²) in [6, 6.07) is -0.565. The topological polar surface area (TPSA) is 67.4 Å². The maximum Gasteiger partial charge on any atom is 0.337 e.